The van der Waals surface area contributed by atoms with Crippen molar-refractivity contribution >= 4 is 21.9 Å². The van der Waals surface area contributed by atoms with Gasteiger partial charge < -0.3 is 9.47 Å². The predicted octanol–water partition coefficient (Wildman–Crippen LogP) is 3.10. The molecule has 1 aromatic rings. The first kappa shape index (κ1) is 16.3. The SMILES string of the molecule is CCOC(=O)CN(CCOc1ccc(Br)cc1)CC1CC1. The first-order valence-corrected chi connectivity index (χ1v) is 8.23. The highest BCUT2D eigenvalue weighted by Crippen LogP contribution is 2.29. The molecule has 2 rings (SSSR count). The molecule has 0 saturated heterocycles. The van der Waals surface area contributed by atoms with Crippen molar-refractivity contribution in [2.75, 3.05) is 32.8 Å². The number of carbonyl (C=O) groups excluding carboxylic acids is 1. The van der Waals surface area contributed by atoms with Crippen molar-refractivity contribution in [1.29, 1.82) is 0 Å². The topological polar surface area (TPSA) is 38.8 Å². The zero-order chi connectivity index (χ0) is 15.1. The summed E-state index contributed by atoms with van der Waals surface area (Å²) in [5, 5.41) is 0. The van der Waals surface area contributed by atoms with Crippen LogP contribution in [-0.2, 0) is 9.53 Å². The minimum Gasteiger partial charge on any atom is -0.492 e. The third kappa shape index (κ3) is 6.48. The zero-order valence-corrected chi connectivity index (χ0v) is 14.0. The molecular formula is C16H22BrNO3. The number of ether oxygens (including phenoxy) is 2. The molecule has 21 heavy (non-hydrogen) atoms. The molecule has 1 fully saturated rings. The lowest BCUT2D eigenvalue weighted by atomic mass is 10.3. The molecule has 5 heteroatoms. The number of halogens is 1. The first-order valence-electron chi connectivity index (χ1n) is 7.43. The summed E-state index contributed by atoms with van der Waals surface area (Å²) in [7, 11) is 0. The standard InChI is InChI=1S/C16H22BrNO3/c1-2-20-16(19)12-18(11-13-3-4-13)9-10-21-15-7-5-14(17)6-8-15/h5-8,13H,2-4,9-12H2,1H3. The van der Waals surface area contributed by atoms with Crippen LogP contribution < -0.4 is 4.74 Å². The Balaban J connectivity index is 1.74. The van der Waals surface area contributed by atoms with Crippen LogP contribution in [0.5, 0.6) is 5.75 Å². The first-order chi connectivity index (χ1) is 10.2. The number of hydrogen-bond donors (Lipinski definition) is 0. The van der Waals surface area contributed by atoms with Gasteiger partial charge in [0.05, 0.1) is 13.2 Å². The molecule has 0 bridgehead atoms. The molecule has 0 unspecified atom stereocenters. The molecule has 1 aliphatic rings. The number of esters is 1. The fraction of sp³-hybridized carbons (Fsp3) is 0.562. The van der Waals surface area contributed by atoms with Gasteiger partial charge in [-0.15, -0.1) is 0 Å². The molecule has 4 nitrogen and oxygen atoms in total. The van der Waals surface area contributed by atoms with Gasteiger partial charge in [-0.25, -0.2) is 0 Å². The lowest BCUT2D eigenvalue weighted by molar-refractivity contribution is -0.144. The smallest absolute Gasteiger partial charge is 0.320 e. The monoisotopic (exact) mass is 355 g/mol. The van der Waals surface area contributed by atoms with Gasteiger partial charge in [0.1, 0.15) is 12.4 Å². The van der Waals surface area contributed by atoms with E-state index in [-0.39, 0.29) is 5.97 Å². The second-order valence-corrected chi connectivity index (χ2v) is 6.20. The second-order valence-electron chi connectivity index (χ2n) is 5.29. The average Bonchev–Trinajstić information content (AvgIpc) is 3.25. The third-order valence-corrected chi connectivity index (χ3v) is 3.89. The van der Waals surface area contributed by atoms with E-state index < -0.39 is 0 Å². The van der Waals surface area contributed by atoms with Crippen molar-refractivity contribution < 1.29 is 14.3 Å². The minimum atomic E-state index is -0.151. The zero-order valence-electron chi connectivity index (χ0n) is 12.4. The Morgan fingerprint density at radius 1 is 1.33 bits per heavy atom. The van der Waals surface area contributed by atoms with Crippen LogP contribution >= 0.6 is 15.9 Å². The quantitative estimate of drug-likeness (QED) is 0.638. The number of benzene rings is 1. The van der Waals surface area contributed by atoms with Gasteiger partial charge in [0.2, 0.25) is 0 Å². The third-order valence-electron chi connectivity index (χ3n) is 3.36. The highest BCUT2D eigenvalue weighted by molar-refractivity contribution is 9.10. The van der Waals surface area contributed by atoms with Crippen LogP contribution in [0, 0.1) is 5.92 Å². The van der Waals surface area contributed by atoms with E-state index in [1.54, 1.807) is 0 Å². The molecule has 1 aromatic carbocycles. The van der Waals surface area contributed by atoms with Crippen LogP contribution in [0.1, 0.15) is 19.8 Å². The molecule has 0 N–H and O–H groups in total. The second kappa shape index (κ2) is 8.39. The van der Waals surface area contributed by atoms with Crippen LogP contribution in [0.25, 0.3) is 0 Å². The van der Waals surface area contributed by atoms with Crippen LogP contribution in [0.4, 0.5) is 0 Å². The Morgan fingerprint density at radius 2 is 2.05 bits per heavy atom. The van der Waals surface area contributed by atoms with E-state index in [1.807, 2.05) is 31.2 Å². The summed E-state index contributed by atoms with van der Waals surface area (Å²) in [5.41, 5.74) is 0. The Labute approximate surface area is 134 Å². The maximum atomic E-state index is 11.6. The van der Waals surface area contributed by atoms with Gasteiger partial charge in [0.25, 0.3) is 0 Å². The van der Waals surface area contributed by atoms with Gasteiger partial charge in [0, 0.05) is 17.6 Å². The van der Waals surface area contributed by atoms with E-state index in [9.17, 15) is 4.79 Å². The molecule has 0 spiro atoms. The van der Waals surface area contributed by atoms with Crippen molar-refractivity contribution in [3.8, 4) is 5.75 Å². The normalized spacial score (nSPS) is 14.2. The number of hydrogen-bond acceptors (Lipinski definition) is 4. The van der Waals surface area contributed by atoms with Crippen LogP contribution in [0.15, 0.2) is 28.7 Å². The van der Waals surface area contributed by atoms with Crippen LogP contribution in [0.2, 0.25) is 0 Å². The fourth-order valence-corrected chi connectivity index (χ4v) is 2.38. The molecule has 1 saturated carbocycles. The number of carbonyl (C=O) groups is 1. The van der Waals surface area contributed by atoms with Crippen molar-refractivity contribution in [3.63, 3.8) is 0 Å². The van der Waals surface area contributed by atoms with Crippen molar-refractivity contribution in [2.45, 2.75) is 19.8 Å². The van der Waals surface area contributed by atoms with Gasteiger partial charge in [-0.3, -0.25) is 9.69 Å². The molecule has 0 radical (unpaired) electrons. The van der Waals surface area contributed by atoms with E-state index in [0.717, 1.165) is 29.2 Å². The molecule has 0 aliphatic heterocycles. The lowest BCUT2D eigenvalue weighted by Gasteiger charge is -2.21. The fourth-order valence-electron chi connectivity index (χ4n) is 2.11. The summed E-state index contributed by atoms with van der Waals surface area (Å²) >= 11 is 3.40. The van der Waals surface area contributed by atoms with Crippen molar-refractivity contribution in [2.24, 2.45) is 5.92 Å². The Morgan fingerprint density at radius 3 is 2.67 bits per heavy atom. The van der Waals surface area contributed by atoms with Gasteiger partial charge in [-0.05, 0) is 49.9 Å². The van der Waals surface area contributed by atoms with E-state index in [1.165, 1.54) is 12.8 Å². The van der Waals surface area contributed by atoms with Gasteiger partial charge in [0.15, 0.2) is 0 Å². The van der Waals surface area contributed by atoms with Crippen LogP contribution in [0.3, 0.4) is 0 Å². The molecule has 1 aliphatic carbocycles. The maximum absolute atomic E-state index is 11.6. The number of rotatable bonds is 9. The van der Waals surface area contributed by atoms with Gasteiger partial charge in [-0.1, -0.05) is 15.9 Å². The highest BCUT2D eigenvalue weighted by Gasteiger charge is 2.25. The van der Waals surface area contributed by atoms with Crippen molar-refractivity contribution in [1.82, 2.24) is 4.90 Å². The predicted molar refractivity (Wildman–Crippen MR) is 85.4 cm³/mol. The maximum Gasteiger partial charge on any atom is 0.320 e. The number of nitrogens with zero attached hydrogens (tertiary/aromatic N) is 1. The summed E-state index contributed by atoms with van der Waals surface area (Å²) in [6.45, 7) is 4.90. The summed E-state index contributed by atoms with van der Waals surface area (Å²) < 4.78 is 11.8. The van der Waals surface area contributed by atoms with Gasteiger partial charge in [-0.2, -0.15) is 0 Å². The summed E-state index contributed by atoms with van der Waals surface area (Å²) in [6, 6.07) is 7.77. The van der Waals surface area contributed by atoms with E-state index in [0.29, 0.717) is 19.8 Å². The molecule has 0 aromatic heterocycles. The lowest BCUT2D eigenvalue weighted by Crippen LogP contribution is -2.35. The van der Waals surface area contributed by atoms with Gasteiger partial charge >= 0.3 is 5.97 Å². The molecule has 0 heterocycles. The Bertz CT molecular complexity index is 445. The molecule has 0 atom stereocenters. The largest absolute Gasteiger partial charge is 0.492 e. The van der Waals surface area contributed by atoms with E-state index in [4.69, 9.17) is 9.47 Å². The summed E-state index contributed by atoms with van der Waals surface area (Å²) in [4.78, 5) is 13.7. The summed E-state index contributed by atoms with van der Waals surface area (Å²) in [5.74, 6) is 1.44. The minimum absolute atomic E-state index is 0.151. The summed E-state index contributed by atoms with van der Waals surface area (Å²) in [6.07, 6.45) is 2.54. The highest BCUT2D eigenvalue weighted by atomic mass is 79.9. The van der Waals surface area contributed by atoms with Crippen molar-refractivity contribution in [3.05, 3.63) is 28.7 Å². The molecule has 116 valence electrons. The molecular weight excluding hydrogens is 334 g/mol. The van der Waals surface area contributed by atoms with E-state index in [2.05, 4.69) is 20.8 Å². The Kier molecular flexibility index (Phi) is 6.51. The van der Waals surface area contributed by atoms with E-state index >= 15 is 0 Å². The average molecular weight is 356 g/mol. The Hall–Kier alpha value is -1.07. The molecule has 0 amide bonds. The van der Waals surface area contributed by atoms with Crippen LogP contribution in [-0.4, -0.2) is 43.7 Å².